The Morgan fingerprint density at radius 2 is 2.06 bits per heavy atom. The third-order valence-corrected chi connectivity index (χ3v) is 3.29. The monoisotopic (exact) mass is 227 g/mol. The van der Waals surface area contributed by atoms with Gasteiger partial charge in [-0.15, -0.1) is 0 Å². The first-order chi connectivity index (χ1) is 8.31. The van der Waals surface area contributed by atoms with Gasteiger partial charge in [0.05, 0.1) is 12.8 Å². The summed E-state index contributed by atoms with van der Waals surface area (Å²) >= 11 is 0. The summed E-state index contributed by atoms with van der Waals surface area (Å²) in [6.07, 6.45) is 2.83. The molecule has 1 N–H and O–H groups in total. The van der Waals surface area contributed by atoms with Gasteiger partial charge in [0.2, 0.25) is 0 Å². The van der Waals surface area contributed by atoms with Crippen LogP contribution in [-0.2, 0) is 12.8 Å². The molecule has 17 heavy (non-hydrogen) atoms. The minimum Gasteiger partial charge on any atom is -0.497 e. The molecular formula is C14H13NO2. The van der Waals surface area contributed by atoms with Crippen molar-refractivity contribution in [3.63, 3.8) is 0 Å². The van der Waals surface area contributed by atoms with E-state index >= 15 is 0 Å². The zero-order valence-corrected chi connectivity index (χ0v) is 9.62. The van der Waals surface area contributed by atoms with E-state index < -0.39 is 0 Å². The van der Waals surface area contributed by atoms with Gasteiger partial charge in [-0.3, -0.25) is 4.79 Å². The number of H-pyrrole nitrogens is 1. The molecule has 0 bridgehead atoms. The van der Waals surface area contributed by atoms with E-state index in [9.17, 15) is 4.79 Å². The van der Waals surface area contributed by atoms with E-state index in [1.165, 1.54) is 16.7 Å². The molecule has 0 atom stereocenters. The molecule has 0 unspecified atom stereocenters. The zero-order valence-electron chi connectivity index (χ0n) is 9.62. The highest BCUT2D eigenvalue weighted by Gasteiger charge is 2.18. The molecule has 1 aromatic carbocycles. The molecule has 3 nitrogen and oxygen atoms in total. The summed E-state index contributed by atoms with van der Waals surface area (Å²) in [7, 11) is 1.68. The van der Waals surface area contributed by atoms with Crippen molar-refractivity contribution in [2.24, 2.45) is 0 Å². The Morgan fingerprint density at radius 1 is 1.24 bits per heavy atom. The number of aromatic nitrogens is 1. The zero-order chi connectivity index (χ0) is 11.8. The molecule has 0 saturated heterocycles. The van der Waals surface area contributed by atoms with Crippen LogP contribution in [0.25, 0.3) is 11.3 Å². The van der Waals surface area contributed by atoms with E-state index in [0.717, 1.165) is 30.6 Å². The predicted molar refractivity (Wildman–Crippen MR) is 65.6 cm³/mol. The Bertz CT molecular complexity index is 584. The lowest BCUT2D eigenvalue weighted by Crippen LogP contribution is -2.02. The quantitative estimate of drug-likeness (QED) is 0.801. The largest absolute Gasteiger partial charge is 0.497 e. The number of hydrogen-bond acceptors (Lipinski definition) is 2. The number of aryl methyl sites for hydroxylation is 2. The molecule has 1 aliphatic carbocycles. The molecule has 0 radical (unpaired) electrons. The number of aromatic amines is 1. The van der Waals surface area contributed by atoms with Gasteiger partial charge in [-0.05, 0) is 48.2 Å². The fourth-order valence-corrected chi connectivity index (χ4v) is 2.44. The maximum absolute atomic E-state index is 10.8. The summed E-state index contributed by atoms with van der Waals surface area (Å²) in [4.78, 5) is 14.0. The molecule has 0 fully saturated rings. The van der Waals surface area contributed by atoms with E-state index in [0.29, 0.717) is 5.69 Å². The molecule has 3 heteroatoms. The molecule has 0 saturated carbocycles. The minimum atomic E-state index is 0.652. The highest BCUT2D eigenvalue weighted by molar-refractivity contribution is 5.79. The van der Waals surface area contributed by atoms with Crippen LogP contribution in [-0.4, -0.2) is 18.4 Å². The predicted octanol–water partition coefficient (Wildman–Crippen LogP) is 2.60. The van der Waals surface area contributed by atoms with Crippen LogP contribution in [0.15, 0.2) is 24.3 Å². The molecule has 2 aromatic rings. The van der Waals surface area contributed by atoms with Crippen molar-refractivity contribution in [1.82, 2.24) is 4.98 Å². The van der Waals surface area contributed by atoms with Crippen molar-refractivity contribution < 1.29 is 9.53 Å². The first kappa shape index (κ1) is 10.1. The summed E-state index contributed by atoms with van der Waals surface area (Å²) in [5, 5.41) is 0. The molecule has 0 spiro atoms. The SMILES string of the molecule is COc1ccc2c(c1)CCc1cc(C=O)[nH]c1-2. The molecule has 0 amide bonds. The van der Waals surface area contributed by atoms with E-state index in [1.807, 2.05) is 12.1 Å². The van der Waals surface area contributed by atoms with Crippen LogP contribution in [0.3, 0.4) is 0 Å². The Kier molecular flexibility index (Phi) is 2.25. The van der Waals surface area contributed by atoms with Crippen LogP contribution in [0.2, 0.25) is 0 Å². The van der Waals surface area contributed by atoms with Gasteiger partial charge in [-0.2, -0.15) is 0 Å². The summed E-state index contributed by atoms with van der Waals surface area (Å²) in [6.45, 7) is 0. The number of methoxy groups -OCH3 is 1. The maximum Gasteiger partial charge on any atom is 0.166 e. The van der Waals surface area contributed by atoms with Crippen molar-refractivity contribution in [3.8, 4) is 17.0 Å². The Labute approximate surface area is 99.4 Å². The van der Waals surface area contributed by atoms with Gasteiger partial charge in [0, 0.05) is 11.3 Å². The second kappa shape index (κ2) is 3.77. The summed E-state index contributed by atoms with van der Waals surface area (Å²) in [5.41, 5.74) is 5.41. The number of nitrogens with one attached hydrogen (secondary N) is 1. The second-order valence-corrected chi connectivity index (χ2v) is 4.27. The molecule has 0 aliphatic heterocycles. The number of carbonyl (C=O) groups is 1. The number of carbonyl (C=O) groups excluding carboxylic acids is 1. The van der Waals surface area contributed by atoms with Crippen LogP contribution < -0.4 is 4.74 Å². The first-order valence-corrected chi connectivity index (χ1v) is 5.66. The van der Waals surface area contributed by atoms with Crippen LogP contribution in [0.5, 0.6) is 5.75 Å². The summed E-state index contributed by atoms with van der Waals surface area (Å²) < 4.78 is 5.23. The molecular weight excluding hydrogens is 214 g/mol. The standard InChI is InChI=1S/C14H13NO2/c1-17-12-4-5-13-9(7-12)2-3-10-6-11(8-16)15-14(10)13/h4-8,15H,2-3H2,1H3. The Morgan fingerprint density at radius 3 is 2.82 bits per heavy atom. The van der Waals surface area contributed by atoms with E-state index in [-0.39, 0.29) is 0 Å². The van der Waals surface area contributed by atoms with Gasteiger partial charge in [0.1, 0.15) is 5.75 Å². The number of fused-ring (bicyclic) bond motifs is 3. The normalized spacial score (nSPS) is 12.8. The number of rotatable bonds is 2. The Hall–Kier alpha value is -2.03. The van der Waals surface area contributed by atoms with Crippen LogP contribution >= 0.6 is 0 Å². The molecule has 1 aromatic heterocycles. The highest BCUT2D eigenvalue weighted by atomic mass is 16.5. The van der Waals surface area contributed by atoms with Gasteiger partial charge < -0.3 is 9.72 Å². The molecule has 3 rings (SSSR count). The average molecular weight is 227 g/mol. The third-order valence-electron chi connectivity index (χ3n) is 3.29. The van der Waals surface area contributed by atoms with Crippen LogP contribution in [0, 0.1) is 0 Å². The van der Waals surface area contributed by atoms with Crippen molar-refractivity contribution in [3.05, 3.63) is 41.1 Å². The molecule has 1 aliphatic rings. The summed E-state index contributed by atoms with van der Waals surface area (Å²) in [5.74, 6) is 0.884. The average Bonchev–Trinajstić information content (AvgIpc) is 2.81. The van der Waals surface area contributed by atoms with Gasteiger partial charge in [0.25, 0.3) is 0 Å². The topological polar surface area (TPSA) is 42.1 Å². The fourth-order valence-electron chi connectivity index (χ4n) is 2.44. The third kappa shape index (κ3) is 1.55. The lowest BCUT2D eigenvalue weighted by Gasteiger charge is -2.17. The van der Waals surface area contributed by atoms with Crippen molar-refractivity contribution in [1.29, 1.82) is 0 Å². The number of hydrogen-bond donors (Lipinski definition) is 1. The van der Waals surface area contributed by atoms with Crippen LogP contribution in [0.4, 0.5) is 0 Å². The van der Waals surface area contributed by atoms with Crippen LogP contribution in [0.1, 0.15) is 21.6 Å². The first-order valence-electron chi connectivity index (χ1n) is 5.66. The van der Waals surface area contributed by atoms with Gasteiger partial charge in [0.15, 0.2) is 6.29 Å². The van der Waals surface area contributed by atoms with E-state index in [4.69, 9.17) is 4.74 Å². The second-order valence-electron chi connectivity index (χ2n) is 4.27. The van der Waals surface area contributed by atoms with Crippen molar-refractivity contribution in [2.45, 2.75) is 12.8 Å². The van der Waals surface area contributed by atoms with Gasteiger partial charge in [-0.1, -0.05) is 0 Å². The number of ether oxygens (including phenoxy) is 1. The maximum atomic E-state index is 10.8. The van der Waals surface area contributed by atoms with E-state index in [1.54, 1.807) is 7.11 Å². The minimum absolute atomic E-state index is 0.652. The smallest absolute Gasteiger partial charge is 0.166 e. The lowest BCUT2D eigenvalue weighted by atomic mass is 9.90. The fraction of sp³-hybridized carbons (Fsp3) is 0.214. The van der Waals surface area contributed by atoms with Crippen molar-refractivity contribution in [2.75, 3.05) is 7.11 Å². The molecule has 1 heterocycles. The number of aldehydes is 1. The van der Waals surface area contributed by atoms with Gasteiger partial charge >= 0.3 is 0 Å². The lowest BCUT2D eigenvalue weighted by molar-refractivity contribution is 0.111. The highest BCUT2D eigenvalue weighted by Crippen LogP contribution is 2.34. The van der Waals surface area contributed by atoms with E-state index in [2.05, 4.69) is 17.1 Å². The summed E-state index contributed by atoms with van der Waals surface area (Å²) in [6, 6.07) is 8.02. The Balaban J connectivity index is 2.15. The van der Waals surface area contributed by atoms with Crippen molar-refractivity contribution >= 4 is 6.29 Å². The van der Waals surface area contributed by atoms with Gasteiger partial charge in [-0.25, -0.2) is 0 Å². The molecule has 86 valence electrons. The number of benzene rings is 1.